The second kappa shape index (κ2) is 49.8. The molecule has 96 heavy (non-hydrogen) atoms. The number of hydrogen-bond acceptors (Lipinski definition) is 20. The molecule has 7 amide bonds. The first-order valence-corrected chi connectivity index (χ1v) is 36.5. The number of carbonyl (C=O) groups is 7. The fourth-order valence-electron chi connectivity index (χ4n) is 10.3. The number of unbranched alkanes of at least 4 members (excludes halogenated alkanes) is 11. The Kier molecular flexibility index (Phi) is 45.3. The van der Waals surface area contributed by atoms with Gasteiger partial charge in [-0.2, -0.15) is 0 Å². The van der Waals surface area contributed by atoms with E-state index in [0.29, 0.717) is 90.2 Å². The van der Waals surface area contributed by atoms with Gasteiger partial charge >= 0.3 is 7.75 Å². The lowest BCUT2D eigenvalue weighted by atomic mass is 9.97. The van der Waals surface area contributed by atoms with Crippen LogP contribution in [0, 0.1) is 0 Å². The molecule has 3 unspecified atom stereocenters. The van der Waals surface area contributed by atoms with E-state index in [-0.39, 0.29) is 120 Å². The van der Waals surface area contributed by atoms with Crippen molar-refractivity contribution in [1.82, 2.24) is 47.0 Å². The Morgan fingerprint density at radius 2 is 0.969 bits per heavy atom. The number of amides is 7. The minimum absolute atomic E-state index is 0.0171. The zero-order chi connectivity index (χ0) is 71.3. The Balaban J connectivity index is 1.80. The molecule has 2 aliphatic rings. The number of aliphatic hydroxyl groups excluding tert-OH is 3. The largest absolute Gasteiger partial charge is 0.458 e. The maximum absolute atomic E-state index is 13.8. The third-order valence-electron chi connectivity index (χ3n) is 15.2. The van der Waals surface area contributed by atoms with Crippen LogP contribution in [0.4, 0.5) is 0 Å². The van der Waals surface area contributed by atoms with Crippen molar-refractivity contribution in [3.05, 3.63) is 0 Å². The summed E-state index contributed by atoms with van der Waals surface area (Å²) in [6.07, 6.45) is 9.47. The second-order valence-corrected chi connectivity index (χ2v) is 28.3. The van der Waals surface area contributed by atoms with Crippen molar-refractivity contribution >= 4 is 55.1 Å². The number of nitrogens with one attached hydrogen (secondary N) is 7. The molecule has 0 aromatic heterocycles. The van der Waals surface area contributed by atoms with E-state index in [2.05, 4.69) is 46.9 Å². The Morgan fingerprint density at radius 1 is 0.552 bits per heavy atom. The van der Waals surface area contributed by atoms with E-state index in [0.717, 1.165) is 90.3 Å². The van der Waals surface area contributed by atoms with E-state index < -0.39 is 67.6 Å². The van der Waals surface area contributed by atoms with Gasteiger partial charge in [0.25, 0.3) is 0 Å². The van der Waals surface area contributed by atoms with E-state index >= 15 is 0 Å². The van der Waals surface area contributed by atoms with Gasteiger partial charge in [-0.1, -0.05) is 51.4 Å². The number of hydrogen-bond donors (Lipinski definition) is 12. The average molecular weight is 1390 g/mol. The van der Waals surface area contributed by atoms with Crippen LogP contribution in [-0.2, 0) is 70.9 Å². The van der Waals surface area contributed by atoms with Crippen LogP contribution in [0.25, 0.3) is 0 Å². The van der Waals surface area contributed by atoms with Crippen LogP contribution >= 0.6 is 7.75 Å². The van der Waals surface area contributed by atoms with Gasteiger partial charge in [0.1, 0.15) is 29.9 Å². The SMILES string of the molecule is CC(=O)NC1C(O)[C@@H](O)C(CO)O[C@H]1OCCCCC(=O)NCCCNC(=O)CCOCC(COCCC(=O)NCCCN)(COCCC(=O)NCCCN)NC(=O)CCCCCCCCCCC(=O)NCCCCCCN1CCN(C)C1=NP(=O)(OC(C)(C)C)OC(C)(C)C. The molecule has 2 aliphatic heterocycles. The van der Waals surface area contributed by atoms with Gasteiger partial charge in [-0.25, -0.2) is 4.57 Å². The summed E-state index contributed by atoms with van der Waals surface area (Å²) in [4.78, 5) is 92.5. The molecule has 0 aromatic carbocycles. The molecular weight excluding hydrogens is 1270 g/mol. The summed E-state index contributed by atoms with van der Waals surface area (Å²) < 4.78 is 59.6. The van der Waals surface area contributed by atoms with Crippen LogP contribution in [-0.4, -0.2) is 245 Å². The fourth-order valence-corrected chi connectivity index (χ4v) is 12.3. The number of likely N-dealkylation sites (N-methyl/N-ethyl adjacent to an activating group) is 1. The minimum Gasteiger partial charge on any atom is -0.394 e. The first kappa shape index (κ1) is 87.4. The average Bonchev–Trinajstić information content (AvgIpc) is 1.32. The highest BCUT2D eigenvalue weighted by Crippen LogP contribution is 2.56. The molecule has 0 saturated carbocycles. The van der Waals surface area contributed by atoms with Crippen LogP contribution in [0.1, 0.15) is 196 Å². The van der Waals surface area contributed by atoms with Gasteiger partial charge in [0, 0.05) is 111 Å². The van der Waals surface area contributed by atoms with Gasteiger partial charge in [0.05, 0.1) is 57.5 Å². The molecule has 14 N–H and O–H groups in total. The molecule has 2 fully saturated rings. The standard InChI is InChI=1S/C65H125N12O18P/c1-50(79)73-58-60(87)59(86)51(46-78)93-61(58)92-42-22-19-27-53(81)71-37-25-38-72-56(84)31-45-91-49-65(47-89-43-29-54(82)69-35-23-32-66,48-90-44-30-55(83)70-36-24-33-67)74-57(85)28-18-14-12-10-9-11-13-17-26-52(80)68-34-20-15-16-21-39-77-41-40-76(8)62(77)75-96(88,94-63(2,3)4)95-64(5,6)7/h51,58-61,78,86-87H,9-49,66-67H2,1-8H3,(H,68,80)(H,69,82)(H,70,83)(H,71,81)(H,72,84)(H,73,79)(H,74,85)/t51?,58?,59-,60?,61+/m0/s1. The van der Waals surface area contributed by atoms with Crippen molar-refractivity contribution in [2.45, 2.75) is 244 Å². The summed E-state index contributed by atoms with van der Waals surface area (Å²) in [5.41, 5.74) is 8.48. The van der Waals surface area contributed by atoms with E-state index in [1.807, 2.05) is 53.5 Å². The molecule has 558 valence electrons. The molecule has 2 rings (SSSR count). The van der Waals surface area contributed by atoms with Gasteiger partial charge in [-0.15, -0.1) is 4.76 Å². The molecule has 5 atom stereocenters. The maximum atomic E-state index is 13.8. The number of aliphatic hydroxyl groups is 3. The molecule has 0 radical (unpaired) electrons. The summed E-state index contributed by atoms with van der Waals surface area (Å²) in [7, 11) is -1.87. The normalized spacial score (nSPS) is 18.1. The van der Waals surface area contributed by atoms with Crippen LogP contribution in [0.2, 0.25) is 0 Å². The molecule has 2 saturated heterocycles. The highest BCUT2D eigenvalue weighted by Gasteiger charge is 2.45. The predicted molar refractivity (Wildman–Crippen MR) is 365 cm³/mol. The van der Waals surface area contributed by atoms with E-state index in [1.54, 1.807) is 0 Å². The molecule has 31 heteroatoms. The first-order valence-electron chi connectivity index (χ1n) is 35.0. The number of rotatable bonds is 55. The van der Waals surface area contributed by atoms with Crippen LogP contribution in [0.5, 0.6) is 0 Å². The maximum Gasteiger partial charge on any atom is 0.458 e. The van der Waals surface area contributed by atoms with Gasteiger partial charge in [0.2, 0.25) is 47.3 Å². The summed E-state index contributed by atoms with van der Waals surface area (Å²) >= 11 is 0. The molecule has 0 spiro atoms. The number of guanidine groups is 1. The third-order valence-corrected chi connectivity index (χ3v) is 17.2. The molecule has 0 aliphatic carbocycles. The molecular formula is C65H125N12O18P. The minimum atomic E-state index is -3.80. The van der Waals surface area contributed by atoms with Crippen molar-refractivity contribution < 1.29 is 86.2 Å². The number of nitrogens with two attached hydrogens (primary N) is 2. The van der Waals surface area contributed by atoms with Gasteiger partial charge < -0.3 is 97.5 Å². The zero-order valence-electron chi connectivity index (χ0n) is 59.3. The van der Waals surface area contributed by atoms with Crippen molar-refractivity contribution in [2.24, 2.45) is 16.2 Å². The van der Waals surface area contributed by atoms with Crippen LogP contribution in [0.3, 0.4) is 0 Å². The quantitative estimate of drug-likeness (QED) is 0.0308. The summed E-state index contributed by atoms with van der Waals surface area (Å²) in [6.45, 7) is 16.8. The Labute approximate surface area is 571 Å². The summed E-state index contributed by atoms with van der Waals surface area (Å²) in [6, 6.07) is -1.06. The predicted octanol–water partition coefficient (Wildman–Crippen LogP) is 2.66. The summed E-state index contributed by atoms with van der Waals surface area (Å²) in [5.74, 6) is -0.985. The first-order chi connectivity index (χ1) is 45.6. The van der Waals surface area contributed by atoms with E-state index in [9.17, 15) is 53.4 Å². The third kappa shape index (κ3) is 41.7. The van der Waals surface area contributed by atoms with Crippen molar-refractivity contribution in [3.8, 4) is 0 Å². The molecule has 0 bridgehead atoms. The van der Waals surface area contributed by atoms with Crippen molar-refractivity contribution in [3.63, 3.8) is 0 Å². The van der Waals surface area contributed by atoms with Crippen molar-refractivity contribution in [1.29, 1.82) is 0 Å². The number of carbonyl (C=O) groups excluding carboxylic acids is 7. The van der Waals surface area contributed by atoms with Gasteiger partial charge in [-0.05, 0) is 112 Å². The number of ether oxygens (including phenoxy) is 5. The molecule has 30 nitrogen and oxygen atoms in total. The van der Waals surface area contributed by atoms with E-state index in [1.165, 1.54) is 6.92 Å². The fraction of sp³-hybridized carbons (Fsp3) is 0.877. The lowest BCUT2D eigenvalue weighted by Crippen LogP contribution is -2.64. The highest BCUT2D eigenvalue weighted by atomic mass is 31.2. The molecule has 2 heterocycles. The monoisotopic (exact) mass is 1390 g/mol. The Hall–Kier alpha value is -4.69. The number of nitrogens with zero attached hydrogens (tertiary/aromatic N) is 3. The van der Waals surface area contributed by atoms with E-state index in [4.69, 9.17) is 44.2 Å². The lowest BCUT2D eigenvalue weighted by molar-refractivity contribution is -0.270. The lowest BCUT2D eigenvalue weighted by Gasteiger charge is -2.42. The summed E-state index contributed by atoms with van der Waals surface area (Å²) in [5, 5.41) is 50.1. The smallest absolute Gasteiger partial charge is 0.394 e. The van der Waals surface area contributed by atoms with Gasteiger partial charge in [0.15, 0.2) is 6.29 Å². The van der Waals surface area contributed by atoms with Crippen molar-refractivity contribution in [2.75, 3.05) is 125 Å². The topological polar surface area (TPSA) is 417 Å². The second-order valence-electron chi connectivity index (χ2n) is 26.8. The molecule has 0 aromatic rings. The van der Waals surface area contributed by atoms with Crippen LogP contribution < -0.4 is 48.7 Å². The van der Waals surface area contributed by atoms with Crippen LogP contribution in [0.15, 0.2) is 4.76 Å². The highest BCUT2D eigenvalue weighted by molar-refractivity contribution is 7.52. The Morgan fingerprint density at radius 3 is 1.43 bits per heavy atom. The Bertz CT molecular complexity index is 2250. The van der Waals surface area contributed by atoms with Gasteiger partial charge in [-0.3, -0.25) is 42.6 Å². The zero-order valence-corrected chi connectivity index (χ0v) is 60.2.